The van der Waals surface area contributed by atoms with Crippen molar-refractivity contribution in [2.75, 3.05) is 18.6 Å². The number of thiazole rings is 1. The summed E-state index contributed by atoms with van der Waals surface area (Å²) >= 11 is 1.44. The topological polar surface area (TPSA) is 69.4 Å². The lowest BCUT2D eigenvalue weighted by molar-refractivity contribution is 0.411. The van der Waals surface area contributed by atoms with E-state index in [1.54, 1.807) is 12.0 Å². The maximum atomic E-state index is 10.2. The Hall–Kier alpha value is -2.34. The van der Waals surface area contributed by atoms with E-state index in [9.17, 15) is 5.11 Å². The summed E-state index contributed by atoms with van der Waals surface area (Å²) < 4.78 is 5.13. The monoisotopic (exact) mass is 301 g/mol. The summed E-state index contributed by atoms with van der Waals surface area (Å²) in [5.41, 5.74) is 2.26. The van der Waals surface area contributed by atoms with Crippen molar-refractivity contribution in [3.05, 3.63) is 46.1 Å². The number of hydrogen-bond donors (Lipinski definition) is 2. The molecule has 5 nitrogen and oxygen atoms in total. The van der Waals surface area contributed by atoms with Crippen LogP contribution in [0.3, 0.4) is 0 Å². The molecule has 0 atom stereocenters. The number of aromatic nitrogens is 1. The van der Waals surface area contributed by atoms with Crippen molar-refractivity contribution >= 4 is 28.4 Å². The lowest BCUT2D eigenvalue weighted by Crippen LogP contribution is -2.25. The van der Waals surface area contributed by atoms with Crippen molar-refractivity contribution in [2.24, 2.45) is 0 Å². The summed E-state index contributed by atoms with van der Waals surface area (Å²) in [6, 6.07) is 7.42. The fourth-order valence-corrected chi connectivity index (χ4v) is 3.12. The van der Waals surface area contributed by atoms with E-state index in [1.165, 1.54) is 11.3 Å². The first-order valence-electron chi connectivity index (χ1n) is 6.45. The Labute approximate surface area is 126 Å². The molecule has 0 bridgehead atoms. The molecule has 108 valence electrons. The minimum Gasteiger partial charge on any atom is -0.510 e. The molecule has 0 unspecified atom stereocenters. The second-order valence-electron chi connectivity index (χ2n) is 4.75. The Bertz CT molecular complexity index is 719. The van der Waals surface area contributed by atoms with Crippen molar-refractivity contribution in [3.8, 4) is 5.75 Å². The second kappa shape index (κ2) is 5.21. The molecule has 6 heteroatoms. The number of nitrogens with one attached hydrogen (secondary N) is 1. The predicted molar refractivity (Wildman–Crippen MR) is 84.5 cm³/mol. The number of benzene rings is 1. The molecule has 0 radical (unpaired) electrons. The number of aliphatic hydroxyl groups is 1. The van der Waals surface area contributed by atoms with Gasteiger partial charge in [0, 0.05) is 16.8 Å². The van der Waals surface area contributed by atoms with Gasteiger partial charge >= 0.3 is 0 Å². The molecule has 1 aliphatic heterocycles. The van der Waals surface area contributed by atoms with Crippen molar-refractivity contribution < 1.29 is 9.84 Å². The SMILES string of the molecule is COc1ccc(N2CC(O)=C(c3nc(C)cs3)C2=N)cc1. The van der Waals surface area contributed by atoms with Crippen LogP contribution < -0.4 is 9.64 Å². The number of nitrogens with zero attached hydrogens (tertiary/aromatic N) is 2. The lowest BCUT2D eigenvalue weighted by Gasteiger charge is -2.18. The summed E-state index contributed by atoms with van der Waals surface area (Å²) in [6.07, 6.45) is 0. The molecule has 3 rings (SSSR count). The summed E-state index contributed by atoms with van der Waals surface area (Å²) in [4.78, 5) is 6.11. The number of methoxy groups -OCH3 is 1. The van der Waals surface area contributed by atoms with Crippen LogP contribution in [-0.4, -0.2) is 29.6 Å². The second-order valence-corrected chi connectivity index (χ2v) is 5.61. The Morgan fingerprint density at radius 1 is 1.33 bits per heavy atom. The van der Waals surface area contributed by atoms with Crippen molar-refractivity contribution in [1.82, 2.24) is 4.98 Å². The highest BCUT2D eigenvalue weighted by Crippen LogP contribution is 2.33. The molecular weight excluding hydrogens is 286 g/mol. The van der Waals surface area contributed by atoms with Crippen LogP contribution in [0.5, 0.6) is 5.75 Å². The van der Waals surface area contributed by atoms with Gasteiger partial charge in [-0.3, -0.25) is 5.41 Å². The fraction of sp³-hybridized carbons (Fsp3) is 0.200. The van der Waals surface area contributed by atoms with Crippen LogP contribution in [0.15, 0.2) is 35.4 Å². The van der Waals surface area contributed by atoms with Gasteiger partial charge in [0.25, 0.3) is 0 Å². The number of aryl methyl sites for hydroxylation is 1. The summed E-state index contributed by atoms with van der Waals surface area (Å²) in [5.74, 6) is 1.22. The van der Waals surface area contributed by atoms with E-state index >= 15 is 0 Å². The smallest absolute Gasteiger partial charge is 0.139 e. The third-order valence-corrected chi connectivity index (χ3v) is 4.30. The average molecular weight is 301 g/mol. The minimum absolute atomic E-state index is 0.185. The van der Waals surface area contributed by atoms with E-state index in [0.29, 0.717) is 17.1 Å². The number of aliphatic hydroxyl groups excluding tert-OH is 1. The maximum absolute atomic E-state index is 10.2. The average Bonchev–Trinajstić information content (AvgIpc) is 3.02. The maximum Gasteiger partial charge on any atom is 0.139 e. The first-order valence-corrected chi connectivity index (χ1v) is 7.33. The van der Waals surface area contributed by atoms with Gasteiger partial charge in [-0.25, -0.2) is 4.98 Å². The van der Waals surface area contributed by atoms with E-state index in [1.807, 2.05) is 36.6 Å². The van der Waals surface area contributed by atoms with E-state index in [4.69, 9.17) is 10.1 Å². The largest absolute Gasteiger partial charge is 0.510 e. The fourth-order valence-electron chi connectivity index (χ4n) is 2.26. The third-order valence-electron chi connectivity index (χ3n) is 3.32. The van der Waals surface area contributed by atoms with Gasteiger partial charge in [-0.2, -0.15) is 0 Å². The molecule has 1 aliphatic rings. The van der Waals surface area contributed by atoms with Gasteiger partial charge in [0.05, 0.1) is 19.2 Å². The van der Waals surface area contributed by atoms with Gasteiger partial charge in [0.1, 0.15) is 22.4 Å². The molecule has 2 heterocycles. The lowest BCUT2D eigenvalue weighted by atomic mass is 10.2. The van der Waals surface area contributed by atoms with Crippen LogP contribution >= 0.6 is 11.3 Å². The zero-order valence-corrected chi connectivity index (χ0v) is 12.6. The standard InChI is InChI=1S/C15H15N3O2S/c1-9-8-21-15(17-9)13-12(19)7-18(14(13)16)10-3-5-11(20-2)6-4-10/h3-6,8,16,19H,7H2,1-2H3. The number of rotatable bonds is 3. The molecule has 1 aromatic heterocycles. The van der Waals surface area contributed by atoms with Crippen LogP contribution in [0.1, 0.15) is 10.7 Å². The minimum atomic E-state index is 0.185. The highest BCUT2D eigenvalue weighted by molar-refractivity contribution is 7.11. The van der Waals surface area contributed by atoms with E-state index in [0.717, 1.165) is 17.1 Å². The van der Waals surface area contributed by atoms with Crippen molar-refractivity contribution in [2.45, 2.75) is 6.92 Å². The highest BCUT2D eigenvalue weighted by atomic mass is 32.1. The Morgan fingerprint density at radius 3 is 2.62 bits per heavy atom. The summed E-state index contributed by atoms with van der Waals surface area (Å²) in [7, 11) is 1.61. The van der Waals surface area contributed by atoms with E-state index < -0.39 is 0 Å². The summed E-state index contributed by atoms with van der Waals surface area (Å²) in [6.45, 7) is 2.19. The first kappa shape index (κ1) is 13.6. The van der Waals surface area contributed by atoms with Gasteiger partial charge in [-0.1, -0.05) is 0 Å². The van der Waals surface area contributed by atoms with E-state index in [-0.39, 0.29) is 11.6 Å². The normalized spacial score (nSPS) is 15.0. The molecule has 1 aromatic carbocycles. The summed E-state index contributed by atoms with van der Waals surface area (Å²) in [5, 5.41) is 21.1. The zero-order chi connectivity index (χ0) is 15.0. The van der Waals surface area contributed by atoms with Crippen LogP contribution in [0.25, 0.3) is 5.57 Å². The molecule has 0 spiro atoms. The Morgan fingerprint density at radius 2 is 2.05 bits per heavy atom. The van der Waals surface area contributed by atoms with Crippen molar-refractivity contribution in [1.29, 1.82) is 5.41 Å². The molecule has 0 amide bonds. The number of hydrogen-bond acceptors (Lipinski definition) is 5. The first-order chi connectivity index (χ1) is 10.1. The van der Waals surface area contributed by atoms with Gasteiger partial charge in [-0.15, -0.1) is 11.3 Å². The van der Waals surface area contributed by atoms with Gasteiger partial charge in [0.15, 0.2) is 0 Å². The van der Waals surface area contributed by atoms with Gasteiger partial charge in [-0.05, 0) is 31.2 Å². The Balaban J connectivity index is 1.90. The zero-order valence-electron chi connectivity index (χ0n) is 11.8. The van der Waals surface area contributed by atoms with Crippen LogP contribution in [-0.2, 0) is 0 Å². The van der Waals surface area contributed by atoms with Crippen LogP contribution in [0.4, 0.5) is 5.69 Å². The highest BCUT2D eigenvalue weighted by Gasteiger charge is 2.30. The molecule has 2 aromatic rings. The van der Waals surface area contributed by atoms with Crippen LogP contribution in [0.2, 0.25) is 0 Å². The van der Waals surface area contributed by atoms with Crippen LogP contribution in [0, 0.1) is 12.3 Å². The third kappa shape index (κ3) is 2.38. The molecule has 2 N–H and O–H groups in total. The quantitative estimate of drug-likeness (QED) is 0.913. The molecule has 21 heavy (non-hydrogen) atoms. The molecule has 0 saturated heterocycles. The molecular formula is C15H15N3O2S. The predicted octanol–water partition coefficient (Wildman–Crippen LogP) is 3.23. The van der Waals surface area contributed by atoms with Gasteiger partial charge in [0.2, 0.25) is 0 Å². The van der Waals surface area contributed by atoms with Crippen molar-refractivity contribution in [3.63, 3.8) is 0 Å². The van der Waals surface area contributed by atoms with Gasteiger partial charge < -0.3 is 14.7 Å². The molecule has 0 fully saturated rings. The molecule has 0 saturated carbocycles. The number of anilines is 1. The number of ether oxygens (including phenoxy) is 1. The number of amidine groups is 1. The molecule has 0 aliphatic carbocycles. The Kier molecular flexibility index (Phi) is 3.39. The van der Waals surface area contributed by atoms with E-state index in [2.05, 4.69) is 4.98 Å².